The Morgan fingerprint density at radius 1 is 1.17 bits per heavy atom. The van der Waals surface area contributed by atoms with Gasteiger partial charge in [-0.2, -0.15) is 5.10 Å². The smallest absolute Gasteiger partial charge is 0.182 e. The molecular formula is C27H28F2N4O2. The van der Waals surface area contributed by atoms with Crippen LogP contribution in [0.15, 0.2) is 36.7 Å². The van der Waals surface area contributed by atoms with E-state index in [2.05, 4.69) is 29.0 Å². The number of Topliss-reactive ketones (excluding diaryl/α,β-unsaturated/α-hetero) is 1. The molecule has 6 nitrogen and oxygen atoms in total. The molecule has 1 saturated carbocycles. The number of nitrogens with zero attached hydrogens (tertiary/aromatic N) is 4. The fourth-order valence-corrected chi connectivity index (χ4v) is 6.01. The van der Waals surface area contributed by atoms with Gasteiger partial charge in [0, 0.05) is 12.6 Å². The highest BCUT2D eigenvalue weighted by Gasteiger charge is 2.65. The van der Waals surface area contributed by atoms with Crippen LogP contribution in [0.4, 0.5) is 8.78 Å². The second kappa shape index (κ2) is 7.95. The number of aromatic nitrogens is 4. The minimum Gasteiger partial charge on any atom is -0.390 e. The van der Waals surface area contributed by atoms with Crippen molar-refractivity contribution in [1.29, 1.82) is 0 Å². The van der Waals surface area contributed by atoms with Crippen LogP contribution in [0.1, 0.15) is 86.7 Å². The van der Waals surface area contributed by atoms with Gasteiger partial charge in [0.1, 0.15) is 17.3 Å². The second-order valence-corrected chi connectivity index (χ2v) is 10.9. The first kappa shape index (κ1) is 23.6. The van der Waals surface area contributed by atoms with E-state index in [1.807, 2.05) is 0 Å². The van der Waals surface area contributed by atoms with Crippen molar-refractivity contribution in [1.82, 2.24) is 20.2 Å². The Morgan fingerprint density at radius 3 is 2.57 bits per heavy atom. The molecule has 3 aromatic rings. The number of hydrogen-bond donors (Lipinski definition) is 1. The highest BCUT2D eigenvalue weighted by molar-refractivity contribution is 5.94. The molecule has 35 heavy (non-hydrogen) atoms. The summed E-state index contributed by atoms with van der Waals surface area (Å²) in [4.78, 5) is 21.9. The number of carbonyl (C=O) groups is 1. The Labute approximate surface area is 202 Å². The largest absolute Gasteiger partial charge is 0.390 e. The van der Waals surface area contributed by atoms with Crippen LogP contribution in [-0.2, 0) is 5.41 Å². The molecule has 2 heterocycles. The maximum absolute atomic E-state index is 14.5. The Morgan fingerprint density at radius 2 is 1.89 bits per heavy atom. The highest BCUT2D eigenvalue weighted by Crippen LogP contribution is 2.69. The van der Waals surface area contributed by atoms with Crippen LogP contribution >= 0.6 is 0 Å². The van der Waals surface area contributed by atoms with Gasteiger partial charge in [-0.3, -0.25) is 9.78 Å². The summed E-state index contributed by atoms with van der Waals surface area (Å²) in [6.07, 6.45) is 5.23. The molecule has 0 unspecified atom stereocenters. The molecule has 2 bridgehead atoms. The summed E-state index contributed by atoms with van der Waals surface area (Å²) in [7, 11) is 0. The number of ketones is 1. The van der Waals surface area contributed by atoms with Gasteiger partial charge in [0.25, 0.3) is 0 Å². The van der Waals surface area contributed by atoms with Crippen LogP contribution in [-0.4, -0.2) is 36.7 Å². The topological polar surface area (TPSA) is 88.9 Å². The van der Waals surface area contributed by atoms with Crippen LogP contribution < -0.4 is 0 Å². The molecule has 0 amide bonds. The first-order valence-electron chi connectivity index (χ1n) is 11.9. The van der Waals surface area contributed by atoms with Gasteiger partial charge in [0.05, 0.1) is 39.9 Å². The van der Waals surface area contributed by atoms with E-state index in [0.717, 1.165) is 24.1 Å². The molecule has 5 rings (SSSR count). The predicted molar refractivity (Wildman–Crippen MR) is 126 cm³/mol. The average Bonchev–Trinajstić information content (AvgIpc) is 3.18. The minimum atomic E-state index is -0.949. The van der Waals surface area contributed by atoms with Crippen LogP contribution in [0, 0.1) is 17.0 Å². The zero-order valence-electron chi connectivity index (χ0n) is 20.3. The highest BCUT2D eigenvalue weighted by atomic mass is 19.1. The van der Waals surface area contributed by atoms with Gasteiger partial charge in [-0.25, -0.2) is 13.8 Å². The van der Waals surface area contributed by atoms with E-state index in [1.165, 1.54) is 24.4 Å². The lowest BCUT2D eigenvalue weighted by Gasteiger charge is -2.37. The van der Waals surface area contributed by atoms with Crippen LogP contribution in [0.3, 0.4) is 0 Å². The van der Waals surface area contributed by atoms with Gasteiger partial charge in [-0.15, -0.1) is 5.10 Å². The minimum absolute atomic E-state index is 0.0953. The van der Waals surface area contributed by atoms with Crippen molar-refractivity contribution in [3.05, 3.63) is 70.9 Å². The van der Waals surface area contributed by atoms with Gasteiger partial charge in [-0.05, 0) is 68.2 Å². The molecule has 2 aliphatic rings. The molecule has 0 radical (unpaired) electrons. The van der Waals surface area contributed by atoms with Crippen LogP contribution in [0.5, 0.6) is 0 Å². The molecule has 2 aromatic heterocycles. The fourth-order valence-electron chi connectivity index (χ4n) is 6.01. The Balaban J connectivity index is 1.59. The van der Waals surface area contributed by atoms with Crippen molar-refractivity contribution in [2.45, 2.75) is 70.3 Å². The van der Waals surface area contributed by atoms with Gasteiger partial charge in [-0.1, -0.05) is 19.9 Å². The lowest BCUT2D eigenvalue weighted by atomic mass is 9.66. The maximum Gasteiger partial charge on any atom is 0.182 e. The van der Waals surface area contributed by atoms with Gasteiger partial charge >= 0.3 is 0 Å². The number of halogens is 2. The third-order valence-corrected chi connectivity index (χ3v) is 7.92. The van der Waals surface area contributed by atoms with Crippen LogP contribution in [0.25, 0.3) is 11.3 Å². The number of fused-ring (bicyclic) bond motifs is 5. The Hall–Kier alpha value is -3.13. The lowest BCUT2D eigenvalue weighted by molar-refractivity contribution is 0.0631. The van der Waals surface area contributed by atoms with Crippen molar-refractivity contribution in [2.75, 3.05) is 0 Å². The third kappa shape index (κ3) is 3.57. The van der Waals surface area contributed by atoms with Crippen molar-refractivity contribution < 1.29 is 18.7 Å². The summed E-state index contributed by atoms with van der Waals surface area (Å²) < 4.78 is 28.9. The molecule has 0 aliphatic heterocycles. The number of hydrogen-bond acceptors (Lipinski definition) is 6. The van der Waals surface area contributed by atoms with Crippen LogP contribution in [0.2, 0.25) is 0 Å². The molecule has 0 saturated heterocycles. The second-order valence-electron chi connectivity index (χ2n) is 10.9. The summed E-state index contributed by atoms with van der Waals surface area (Å²) >= 11 is 0. The number of aliphatic hydroxyl groups is 1. The zero-order chi connectivity index (χ0) is 25.2. The molecule has 1 N–H and O–H groups in total. The maximum atomic E-state index is 14.5. The molecule has 1 aromatic carbocycles. The van der Waals surface area contributed by atoms with E-state index in [9.17, 15) is 18.7 Å². The summed E-state index contributed by atoms with van der Waals surface area (Å²) in [5, 5.41) is 18.7. The summed E-state index contributed by atoms with van der Waals surface area (Å²) in [6, 6.07) is 5.49. The van der Waals surface area contributed by atoms with E-state index < -0.39 is 22.7 Å². The van der Waals surface area contributed by atoms with Crippen molar-refractivity contribution in [3.8, 4) is 11.3 Å². The molecule has 182 valence electrons. The quantitative estimate of drug-likeness (QED) is 0.493. The summed E-state index contributed by atoms with van der Waals surface area (Å²) in [6.45, 7) is 7.61. The van der Waals surface area contributed by atoms with Gasteiger partial charge in [0.2, 0.25) is 0 Å². The Kier molecular flexibility index (Phi) is 5.36. The van der Waals surface area contributed by atoms with Crippen molar-refractivity contribution in [3.63, 3.8) is 0 Å². The SMILES string of the molecule is CC(C)(O)CCC(=O)c1cncc([C@@]23CC[C@@H](c4cc(-c5c(F)cccc5F)nnc42)C3(C)C)n1. The van der Waals surface area contributed by atoms with E-state index in [0.29, 0.717) is 12.1 Å². The zero-order valence-corrected chi connectivity index (χ0v) is 20.3. The van der Waals surface area contributed by atoms with E-state index >= 15 is 0 Å². The monoisotopic (exact) mass is 478 g/mol. The number of rotatable bonds is 6. The lowest BCUT2D eigenvalue weighted by Crippen LogP contribution is -2.38. The molecule has 2 atom stereocenters. The number of benzene rings is 1. The first-order chi connectivity index (χ1) is 16.5. The van der Waals surface area contributed by atoms with Crippen molar-refractivity contribution >= 4 is 5.78 Å². The standard InChI is InChI=1S/C27H28F2N4O2/c1-25(2,35)10-9-21(34)20-13-30-14-22(31-20)27-11-8-16(26(27,3)4)15-12-19(32-33-24(15)27)23-17(28)6-5-7-18(23)29/h5-7,12-14,16,35H,8-11H2,1-4H3/t16-,27-/m0/s1. The molecular weight excluding hydrogens is 450 g/mol. The van der Waals surface area contributed by atoms with Gasteiger partial charge < -0.3 is 5.11 Å². The fraction of sp³-hybridized carbons (Fsp3) is 0.444. The molecule has 0 spiro atoms. The normalized spacial score (nSPS) is 22.3. The molecule has 1 fully saturated rings. The van der Waals surface area contributed by atoms with E-state index in [1.54, 1.807) is 26.1 Å². The van der Waals surface area contributed by atoms with Crippen molar-refractivity contribution in [2.24, 2.45) is 5.41 Å². The first-order valence-corrected chi connectivity index (χ1v) is 11.9. The van der Waals surface area contributed by atoms with Gasteiger partial charge in [0.15, 0.2) is 5.78 Å². The Bertz CT molecular complexity index is 1310. The summed E-state index contributed by atoms with van der Waals surface area (Å²) in [5.41, 5.74) is 0.644. The number of carbonyl (C=O) groups excluding carboxylic acids is 1. The third-order valence-electron chi connectivity index (χ3n) is 7.92. The summed E-state index contributed by atoms with van der Waals surface area (Å²) in [5.74, 6) is -1.45. The van der Waals surface area contributed by atoms with E-state index in [-0.39, 0.29) is 40.5 Å². The average molecular weight is 479 g/mol. The predicted octanol–water partition coefficient (Wildman–Crippen LogP) is 5.15. The molecule has 2 aliphatic carbocycles. The van der Waals surface area contributed by atoms with E-state index in [4.69, 9.17) is 4.98 Å². The molecule has 8 heteroatoms.